The predicted molar refractivity (Wildman–Crippen MR) is 55.7 cm³/mol. The summed E-state index contributed by atoms with van der Waals surface area (Å²) in [6.45, 7) is 1.82. The lowest BCUT2D eigenvalue weighted by molar-refractivity contribution is 0.585. The molecule has 0 aliphatic carbocycles. The van der Waals surface area contributed by atoms with Crippen molar-refractivity contribution in [2.75, 3.05) is 0 Å². The van der Waals surface area contributed by atoms with Crippen molar-refractivity contribution in [3.63, 3.8) is 0 Å². The van der Waals surface area contributed by atoms with E-state index in [-0.39, 0.29) is 0 Å². The van der Waals surface area contributed by atoms with Crippen molar-refractivity contribution in [1.82, 2.24) is 25.0 Å². The van der Waals surface area contributed by atoms with Crippen molar-refractivity contribution in [1.29, 1.82) is 0 Å². The highest BCUT2D eigenvalue weighted by atomic mass is 19.1. The van der Waals surface area contributed by atoms with Gasteiger partial charge in [0.15, 0.2) is 11.5 Å². The second kappa shape index (κ2) is 3.13. The molecule has 3 aromatic heterocycles. The van der Waals surface area contributed by atoms with Gasteiger partial charge in [-0.3, -0.25) is 5.10 Å². The second-order valence-corrected chi connectivity index (χ2v) is 3.49. The Morgan fingerprint density at radius 1 is 1.44 bits per heavy atom. The zero-order valence-corrected chi connectivity index (χ0v) is 8.48. The number of rotatable bonds is 1. The molecule has 6 heteroatoms. The van der Waals surface area contributed by atoms with Crippen molar-refractivity contribution in [3.8, 4) is 5.82 Å². The number of nitrogens with one attached hydrogen (secondary N) is 1. The molecule has 80 valence electrons. The molecule has 0 bridgehead atoms. The Kier molecular flexibility index (Phi) is 1.76. The molecule has 16 heavy (non-hydrogen) atoms. The van der Waals surface area contributed by atoms with Crippen LogP contribution in [-0.4, -0.2) is 25.0 Å². The number of hydrogen-bond donors (Lipinski definition) is 1. The molecule has 1 N–H and O–H groups in total. The van der Waals surface area contributed by atoms with E-state index in [4.69, 9.17) is 0 Å². The third-order valence-electron chi connectivity index (χ3n) is 2.42. The molecule has 0 spiro atoms. The molecule has 0 aromatic carbocycles. The summed E-state index contributed by atoms with van der Waals surface area (Å²) >= 11 is 0. The van der Waals surface area contributed by atoms with E-state index in [2.05, 4.69) is 20.3 Å². The minimum atomic E-state index is -0.512. The minimum absolute atomic E-state index is 0.476. The maximum absolute atomic E-state index is 13.2. The molecule has 0 saturated carbocycles. The summed E-state index contributed by atoms with van der Waals surface area (Å²) in [5.74, 6) is 0.0785. The maximum atomic E-state index is 13.2. The van der Waals surface area contributed by atoms with E-state index in [9.17, 15) is 4.39 Å². The molecule has 3 aromatic rings. The van der Waals surface area contributed by atoms with E-state index < -0.39 is 5.95 Å². The lowest BCUT2D eigenvalue weighted by Crippen LogP contribution is -1.99. The van der Waals surface area contributed by atoms with Gasteiger partial charge in [0.1, 0.15) is 0 Å². The zero-order valence-electron chi connectivity index (χ0n) is 8.48. The van der Waals surface area contributed by atoms with Gasteiger partial charge in [-0.2, -0.15) is 24.3 Å². The number of aromatic amines is 1. The first-order valence-corrected chi connectivity index (χ1v) is 4.77. The van der Waals surface area contributed by atoms with Gasteiger partial charge in [0, 0.05) is 17.6 Å². The largest absolute Gasteiger partial charge is 0.284 e. The van der Waals surface area contributed by atoms with Gasteiger partial charge < -0.3 is 0 Å². The fourth-order valence-electron chi connectivity index (χ4n) is 1.66. The van der Waals surface area contributed by atoms with Gasteiger partial charge in [-0.15, -0.1) is 0 Å². The number of hydrogen-bond acceptors (Lipinski definition) is 3. The quantitative estimate of drug-likeness (QED) is 0.630. The molecule has 0 radical (unpaired) electrons. The van der Waals surface area contributed by atoms with E-state index in [1.807, 2.05) is 6.92 Å². The van der Waals surface area contributed by atoms with Crippen LogP contribution in [0.4, 0.5) is 4.39 Å². The molecule has 3 rings (SSSR count). The highest BCUT2D eigenvalue weighted by Gasteiger charge is 2.11. The van der Waals surface area contributed by atoms with E-state index in [0.717, 1.165) is 10.9 Å². The number of aryl methyl sites for hydroxylation is 1. The highest BCUT2D eigenvalue weighted by Crippen LogP contribution is 2.18. The predicted octanol–water partition coefficient (Wildman–Crippen LogP) is 1.59. The van der Waals surface area contributed by atoms with Gasteiger partial charge in [-0.05, 0) is 18.6 Å². The average Bonchev–Trinajstić information content (AvgIpc) is 2.83. The van der Waals surface area contributed by atoms with E-state index in [1.165, 1.54) is 10.7 Å². The van der Waals surface area contributed by atoms with E-state index >= 15 is 0 Å². The van der Waals surface area contributed by atoms with Crippen LogP contribution in [0.25, 0.3) is 16.9 Å². The molecule has 0 fully saturated rings. The van der Waals surface area contributed by atoms with Crippen LogP contribution in [0.15, 0.2) is 24.5 Å². The van der Waals surface area contributed by atoms with Gasteiger partial charge >= 0.3 is 0 Å². The maximum Gasteiger partial charge on any atom is 0.215 e. The average molecular weight is 217 g/mol. The van der Waals surface area contributed by atoms with E-state index in [1.54, 1.807) is 18.5 Å². The lowest BCUT2D eigenvalue weighted by Gasteiger charge is -1.99. The Morgan fingerprint density at radius 3 is 3.06 bits per heavy atom. The first kappa shape index (κ1) is 9.02. The first-order chi connectivity index (χ1) is 7.75. The molecule has 0 aliphatic heterocycles. The fourth-order valence-corrected chi connectivity index (χ4v) is 1.66. The van der Waals surface area contributed by atoms with Gasteiger partial charge in [-0.25, -0.2) is 0 Å². The molecule has 0 saturated heterocycles. The number of fused-ring (bicyclic) bond motifs is 1. The van der Waals surface area contributed by atoms with Crippen molar-refractivity contribution >= 4 is 11.0 Å². The fraction of sp³-hybridized carbons (Fsp3) is 0.100. The topological polar surface area (TPSA) is 59.4 Å². The SMILES string of the molecule is Cc1cc(F)nc2c1cnn2-c1cc[nH]n1. The molecular weight excluding hydrogens is 209 g/mol. The summed E-state index contributed by atoms with van der Waals surface area (Å²) in [5, 5.41) is 11.6. The monoisotopic (exact) mass is 217 g/mol. The molecule has 0 aliphatic rings. The van der Waals surface area contributed by atoms with Gasteiger partial charge in [0.05, 0.1) is 6.20 Å². The molecule has 5 nitrogen and oxygen atoms in total. The lowest BCUT2D eigenvalue weighted by atomic mass is 10.2. The molecule has 3 heterocycles. The van der Waals surface area contributed by atoms with Gasteiger partial charge in [0.2, 0.25) is 5.95 Å². The van der Waals surface area contributed by atoms with Crippen molar-refractivity contribution in [2.45, 2.75) is 6.92 Å². The van der Waals surface area contributed by atoms with Crippen molar-refractivity contribution in [2.24, 2.45) is 0 Å². The Labute approximate surface area is 89.9 Å². The number of H-pyrrole nitrogens is 1. The number of pyridine rings is 1. The van der Waals surface area contributed by atoms with Crippen LogP contribution < -0.4 is 0 Å². The third kappa shape index (κ3) is 1.19. The number of nitrogens with zero attached hydrogens (tertiary/aromatic N) is 4. The van der Waals surface area contributed by atoms with Crippen LogP contribution in [0.1, 0.15) is 5.56 Å². The van der Waals surface area contributed by atoms with Crippen LogP contribution in [0.2, 0.25) is 0 Å². The summed E-state index contributed by atoms with van der Waals surface area (Å²) in [6, 6.07) is 3.13. The smallest absolute Gasteiger partial charge is 0.215 e. The van der Waals surface area contributed by atoms with Crippen LogP contribution in [0.3, 0.4) is 0 Å². The zero-order chi connectivity index (χ0) is 11.1. The summed E-state index contributed by atoms with van der Waals surface area (Å²) < 4.78 is 14.7. The summed E-state index contributed by atoms with van der Waals surface area (Å²) in [5.41, 5.74) is 1.29. The Morgan fingerprint density at radius 2 is 2.31 bits per heavy atom. The molecule has 0 unspecified atom stereocenters. The highest BCUT2D eigenvalue weighted by molar-refractivity contribution is 5.79. The standard InChI is InChI=1S/C10H8FN5/c1-6-4-8(11)14-10-7(6)5-13-16(10)9-2-3-12-15-9/h2-5H,1H3,(H,12,15). The van der Waals surface area contributed by atoms with Crippen LogP contribution in [0, 0.1) is 12.9 Å². The second-order valence-electron chi connectivity index (χ2n) is 3.49. The van der Waals surface area contributed by atoms with Crippen molar-refractivity contribution < 1.29 is 4.39 Å². The number of aromatic nitrogens is 5. The van der Waals surface area contributed by atoms with Gasteiger partial charge in [0.25, 0.3) is 0 Å². The molecule has 0 amide bonds. The number of halogens is 1. The van der Waals surface area contributed by atoms with Crippen LogP contribution >= 0.6 is 0 Å². The minimum Gasteiger partial charge on any atom is -0.284 e. The Hall–Kier alpha value is -2.24. The molecule has 0 atom stereocenters. The Bertz CT molecular complexity index is 641. The third-order valence-corrected chi connectivity index (χ3v) is 2.42. The molecular formula is C10H8FN5. The Balaban J connectivity index is 2.35. The van der Waals surface area contributed by atoms with Gasteiger partial charge in [-0.1, -0.05) is 0 Å². The first-order valence-electron chi connectivity index (χ1n) is 4.77. The van der Waals surface area contributed by atoms with Crippen molar-refractivity contribution in [3.05, 3.63) is 36.0 Å². The summed E-state index contributed by atoms with van der Waals surface area (Å²) in [7, 11) is 0. The summed E-state index contributed by atoms with van der Waals surface area (Å²) in [6.07, 6.45) is 3.33. The van der Waals surface area contributed by atoms with Crippen LogP contribution in [-0.2, 0) is 0 Å². The van der Waals surface area contributed by atoms with Crippen LogP contribution in [0.5, 0.6) is 0 Å². The normalized spacial score (nSPS) is 11.1. The summed E-state index contributed by atoms with van der Waals surface area (Å²) in [4.78, 5) is 3.83. The van der Waals surface area contributed by atoms with E-state index in [0.29, 0.717) is 11.5 Å².